The van der Waals surface area contributed by atoms with Crippen LogP contribution in [0.25, 0.3) is 0 Å². The standard InChI is InChI=1S/C19H20F2N2OS/c1-23-9-7-15(8-10-23)25-16-4-2-3-14(12-16)22-19(24)17-6-5-13(20)11-18(17)21/h2-6,11-12,15H,7-10H2,1H3,(H,22,24). The molecule has 0 radical (unpaired) electrons. The Bertz CT molecular complexity index is 761. The molecule has 1 saturated heterocycles. The lowest BCUT2D eigenvalue weighted by Crippen LogP contribution is -2.31. The van der Waals surface area contributed by atoms with Crippen molar-refractivity contribution in [2.45, 2.75) is 23.0 Å². The zero-order chi connectivity index (χ0) is 17.8. The van der Waals surface area contributed by atoms with Crippen molar-refractivity contribution in [2.24, 2.45) is 0 Å². The highest BCUT2D eigenvalue weighted by Crippen LogP contribution is 2.31. The van der Waals surface area contributed by atoms with Gasteiger partial charge in [-0.2, -0.15) is 0 Å². The Labute approximate surface area is 150 Å². The van der Waals surface area contributed by atoms with E-state index in [2.05, 4.69) is 17.3 Å². The number of nitrogens with zero attached hydrogens (tertiary/aromatic N) is 1. The zero-order valence-electron chi connectivity index (χ0n) is 14.0. The van der Waals surface area contributed by atoms with Crippen LogP contribution < -0.4 is 5.32 Å². The number of carbonyl (C=O) groups is 1. The third-order valence-electron chi connectivity index (χ3n) is 4.24. The lowest BCUT2D eigenvalue weighted by atomic mass is 10.1. The molecule has 0 atom stereocenters. The van der Waals surface area contributed by atoms with Gasteiger partial charge in [-0.3, -0.25) is 4.79 Å². The van der Waals surface area contributed by atoms with Crippen molar-refractivity contribution in [1.82, 2.24) is 4.90 Å². The van der Waals surface area contributed by atoms with Crippen molar-refractivity contribution in [2.75, 3.05) is 25.5 Å². The molecule has 0 bridgehead atoms. The van der Waals surface area contributed by atoms with Gasteiger partial charge in [-0.05, 0) is 63.3 Å². The van der Waals surface area contributed by atoms with Gasteiger partial charge in [0.05, 0.1) is 5.56 Å². The van der Waals surface area contributed by atoms with Gasteiger partial charge in [0.2, 0.25) is 0 Å². The Hall–Kier alpha value is -1.92. The van der Waals surface area contributed by atoms with E-state index in [0.29, 0.717) is 17.0 Å². The monoisotopic (exact) mass is 362 g/mol. The number of halogens is 2. The average molecular weight is 362 g/mol. The highest BCUT2D eigenvalue weighted by atomic mass is 32.2. The Balaban J connectivity index is 1.66. The quantitative estimate of drug-likeness (QED) is 0.875. The summed E-state index contributed by atoms with van der Waals surface area (Å²) in [5.41, 5.74) is 0.432. The fourth-order valence-electron chi connectivity index (χ4n) is 2.81. The first kappa shape index (κ1) is 17.9. The predicted molar refractivity (Wildman–Crippen MR) is 97.1 cm³/mol. The molecule has 1 aliphatic heterocycles. The first-order valence-corrected chi connectivity index (χ1v) is 9.11. The number of nitrogens with one attached hydrogen (secondary N) is 1. The van der Waals surface area contributed by atoms with E-state index < -0.39 is 17.5 Å². The summed E-state index contributed by atoms with van der Waals surface area (Å²) in [6, 6.07) is 10.5. The summed E-state index contributed by atoms with van der Waals surface area (Å²) in [7, 11) is 2.13. The molecule has 0 aromatic heterocycles. The number of carbonyl (C=O) groups excluding carboxylic acids is 1. The summed E-state index contributed by atoms with van der Waals surface area (Å²) in [6.45, 7) is 2.19. The smallest absolute Gasteiger partial charge is 0.258 e. The first-order valence-electron chi connectivity index (χ1n) is 8.23. The van der Waals surface area contributed by atoms with E-state index in [4.69, 9.17) is 0 Å². The maximum atomic E-state index is 13.7. The van der Waals surface area contributed by atoms with E-state index >= 15 is 0 Å². The highest BCUT2D eigenvalue weighted by Gasteiger charge is 2.18. The largest absolute Gasteiger partial charge is 0.322 e. The van der Waals surface area contributed by atoms with Crippen LogP contribution in [0.3, 0.4) is 0 Å². The normalized spacial score (nSPS) is 16.0. The topological polar surface area (TPSA) is 32.3 Å². The molecule has 0 saturated carbocycles. The molecule has 1 amide bonds. The molecule has 2 aromatic rings. The van der Waals surface area contributed by atoms with E-state index in [-0.39, 0.29) is 5.56 Å². The second-order valence-electron chi connectivity index (χ2n) is 6.23. The second kappa shape index (κ2) is 7.97. The van der Waals surface area contributed by atoms with Crippen LogP contribution in [0.5, 0.6) is 0 Å². The number of likely N-dealkylation sites (tertiary alicyclic amines) is 1. The van der Waals surface area contributed by atoms with Crippen LogP contribution in [0.15, 0.2) is 47.4 Å². The van der Waals surface area contributed by atoms with E-state index in [1.807, 2.05) is 30.0 Å². The third-order valence-corrected chi connectivity index (χ3v) is 5.57. The molecule has 3 nitrogen and oxygen atoms in total. The molecule has 1 N–H and O–H groups in total. The lowest BCUT2D eigenvalue weighted by molar-refractivity contribution is 0.102. The summed E-state index contributed by atoms with van der Waals surface area (Å²) in [6.07, 6.45) is 2.27. The molecule has 1 heterocycles. The van der Waals surface area contributed by atoms with Gasteiger partial charge < -0.3 is 10.2 Å². The van der Waals surface area contributed by atoms with Gasteiger partial charge in [-0.15, -0.1) is 11.8 Å². The van der Waals surface area contributed by atoms with Crippen LogP contribution >= 0.6 is 11.8 Å². The minimum atomic E-state index is -0.866. The Kier molecular flexibility index (Phi) is 5.71. The Morgan fingerprint density at radius 2 is 1.92 bits per heavy atom. The van der Waals surface area contributed by atoms with Crippen LogP contribution in [0.4, 0.5) is 14.5 Å². The van der Waals surface area contributed by atoms with Crippen LogP contribution in [0.1, 0.15) is 23.2 Å². The van der Waals surface area contributed by atoms with Crippen molar-refractivity contribution < 1.29 is 13.6 Å². The fraction of sp³-hybridized carbons (Fsp3) is 0.316. The molecule has 1 fully saturated rings. The number of hydrogen-bond donors (Lipinski definition) is 1. The van der Waals surface area contributed by atoms with Crippen LogP contribution in [0, 0.1) is 11.6 Å². The van der Waals surface area contributed by atoms with Crippen molar-refractivity contribution in [1.29, 1.82) is 0 Å². The molecular formula is C19H20F2N2OS. The molecule has 0 aliphatic carbocycles. The molecule has 2 aromatic carbocycles. The molecule has 3 rings (SSSR count). The van der Waals surface area contributed by atoms with Crippen molar-refractivity contribution in [3.63, 3.8) is 0 Å². The zero-order valence-corrected chi connectivity index (χ0v) is 14.8. The van der Waals surface area contributed by atoms with E-state index in [0.717, 1.165) is 43.0 Å². The second-order valence-corrected chi connectivity index (χ2v) is 7.60. The van der Waals surface area contributed by atoms with Crippen molar-refractivity contribution in [3.05, 3.63) is 59.7 Å². The molecule has 6 heteroatoms. The number of anilines is 1. The molecule has 0 spiro atoms. The minimum absolute atomic E-state index is 0.172. The van der Waals surface area contributed by atoms with Crippen LogP contribution in [-0.4, -0.2) is 36.2 Å². The van der Waals surface area contributed by atoms with Gasteiger partial charge in [0.1, 0.15) is 11.6 Å². The van der Waals surface area contributed by atoms with Crippen molar-refractivity contribution in [3.8, 4) is 0 Å². The molecule has 132 valence electrons. The predicted octanol–water partition coefficient (Wildman–Crippen LogP) is 4.40. The summed E-state index contributed by atoms with van der Waals surface area (Å²) in [5, 5.41) is 3.25. The number of rotatable bonds is 4. The minimum Gasteiger partial charge on any atom is -0.322 e. The lowest BCUT2D eigenvalue weighted by Gasteiger charge is -2.28. The maximum Gasteiger partial charge on any atom is 0.258 e. The first-order chi connectivity index (χ1) is 12.0. The molecule has 1 aliphatic rings. The molecule has 0 unspecified atom stereocenters. The van der Waals surface area contributed by atoms with Gasteiger partial charge >= 0.3 is 0 Å². The summed E-state index contributed by atoms with van der Waals surface area (Å²) in [5.74, 6) is -2.15. The van der Waals surface area contributed by atoms with Gasteiger partial charge in [-0.25, -0.2) is 8.78 Å². The summed E-state index contributed by atoms with van der Waals surface area (Å²) >= 11 is 1.81. The van der Waals surface area contributed by atoms with Gasteiger partial charge in [-0.1, -0.05) is 6.07 Å². The SMILES string of the molecule is CN1CCC(Sc2cccc(NC(=O)c3ccc(F)cc3F)c2)CC1. The molecule has 25 heavy (non-hydrogen) atoms. The van der Waals surface area contributed by atoms with Crippen LogP contribution in [0.2, 0.25) is 0 Å². The number of hydrogen-bond acceptors (Lipinski definition) is 3. The van der Waals surface area contributed by atoms with Gasteiger partial charge in [0, 0.05) is 21.9 Å². The highest BCUT2D eigenvalue weighted by molar-refractivity contribution is 8.00. The fourth-order valence-corrected chi connectivity index (χ4v) is 4.00. The number of thioether (sulfide) groups is 1. The van der Waals surface area contributed by atoms with Gasteiger partial charge in [0.15, 0.2) is 0 Å². The summed E-state index contributed by atoms with van der Waals surface area (Å²) in [4.78, 5) is 15.6. The average Bonchev–Trinajstić information content (AvgIpc) is 2.57. The number of piperidine rings is 1. The summed E-state index contributed by atoms with van der Waals surface area (Å²) < 4.78 is 26.7. The number of amides is 1. The van der Waals surface area contributed by atoms with Crippen molar-refractivity contribution >= 4 is 23.4 Å². The molecular weight excluding hydrogens is 342 g/mol. The Morgan fingerprint density at radius 1 is 1.16 bits per heavy atom. The van der Waals surface area contributed by atoms with E-state index in [1.54, 1.807) is 6.07 Å². The van der Waals surface area contributed by atoms with E-state index in [1.165, 1.54) is 0 Å². The van der Waals surface area contributed by atoms with Crippen LogP contribution in [-0.2, 0) is 0 Å². The maximum absolute atomic E-state index is 13.7. The third kappa shape index (κ3) is 4.80. The van der Waals surface area contributed by atoms with Gasteiger partial charge in [0.25, 0.3) is 5.91 Å². The Morgan fingerprint density at radius 3 is 2.64 bits per heavy atom. The van der Waals surface area contributed by atoms with E-state index in [9.17, 15) is 13.6 Å². The number of benzene rings is 2.